The first-order valence-corrected chi connectivity index (χ1v) is 6.86. The van der Waals surface area contributed by atoms with Crippen LogP contribution in [0, 0.1) is 0 Å². The van der Waals surface area contributed by atoms with E-state index in [1.165, 1.54) is 0 Å². The Bertz CT molecular complexity index is 691. The van der Waals surface area contributed by atoms with Crippen LogP contribution in [0.1, 0.15) is 12.5 Å². The van der Waals surface area contributed by atoms with Gasteiger partial charge in [0.25, 0.3) is 0 Å². The van der Waals surface area contributed by atoms with Gasteiger partial charge in [0.2, 0.25) is 0 Å². The van der Waals surface area contributed by atoms with E-state index in [4.69, 9.17) is 33.0 Å². The van der Waals surface area contributed by atoms with Gasteiger partial charge in [-0.25, -0.2) is 4.79 Å². The van der Waals surface area contributed by atoms with Crippen LogP contribution in [0.15, 0.2) is 48.5 Å². The second kappa shape index (κ2) is 6.66. The Balaban J connectivity index is 2.18. The molecular formula is C16H12Cl2O3. The molecule has 0 saturated heterocycles. The van der Waals surface area contributed by atoms with Crippen molar-refractivity contribution in [2.75, 3.05) is 0 Å². The van der Waals surface area contributed by atoms with Crippen molar-refractivity contribution in [1.29, 1.82) is 0 Å². The summed E-state index contributed by atoms with van der Waals surface area (Å²) in [7, 11) is 0. The minimum Gasteiger partial charge on any atom is -0.478 e. The number of carboxylic acid groups (broad SMARTS) is 1. The SMILES string of the molecule is CC(=CC(=O)O)c1ccc(Oc2ccc(Cl)cc2Cl)cc1. The number of hydrogen-bond acceptors (Lipinski definition) is 2. The molecule has 2 rings (SSSR count). The maximum atomic E-state index is 10.6. The Morgan fingerprint density at radius 2 is 1.81 bits per heavy atom. The summed E-state index contributed by atoms with van der Waals surface area (Å²) in [6, 6.07) is 12.1. The number of allylic oxidation sites excluding steroid dienone is 1. The first kappa shape index (κ1) is 15.4. The lowest BCUT2D eigenvalue weighted by molar-refractivity contribution is -0.131. The molecule has 3 nitrogen and oxygen atoms in total. The molecule has 0 radical (unpaired) electrons. The number of ether oxygens (including phenoxy) is 1. The fraction of sp³-hybridized carbons (Fsp3) is 0.0625. The summed E-state index contributed by atoms with van der Waals surface area (Å²) in [5, 5.41) is 9.68. The van der Waals surface area contributed by atoms with Crippen LogP contribution in [0.3, 0.4) is 0 Å². The highest BCUT2D eigenvalue weighted by molar-refractivity contribution is 6.35. The van der Waals surface area contributed by atoms with Crippen molar-refractivity contribution in [2.24, 2.45) is 0 Å². The molecule has 0 bridgehead atoms. The summed E-state index contributed by atoms with van der Waals surface area (Å²) < 4.78 is 5.65. The van der Waals surface area contributed by atoms with Gasteiger partial charge in [-0.2, -0.15) is 0 Å². The molecule has 0 aromatic heterocycles. The molecule has 0 fully saturated rings. The van der Waals surface area contributed by atoms with Crippen molar-refractivity contribution < 1.29 is 14.6 Å². The molecule has 5 heteroatoms. The maximum Gasteiger partial charge on any atom is 0.328 e. The highest BCUT2D eigenvalue weighted by atomic mass is 35.5. The quantitative estimate of drug-likeness (QED) is 0.779. The average Bonchev–Trinajstić information content (AvgIpc) is 2.42. The molecule has 2 aromatic carbocycles. The van der Waals surface area contributed by atoms with E-state index in [-0.39, 0.29) is 0 Å². The first-order chi connectivity index (χ1) is 9.95. The summed E-state index contributed by atoms with van der Waals surface area (Å²) in [6.07, 6.45) is 1.16. The summed E-state index contributed by atoms with van der Waals surface area (Å²) in [6.45, 7) is 1.74. The molecule has 0 heterocycles. The summed E-state index contributed by atoms with van der Waals surface area (Å²) in [4.78, 5) is 10.6. The van der Waals surface area contributed by atoms with Crippen molar-refractivity contribution in [3.05, 3.63) is 64.1 Å². The molecule has 1 N–H and O–H groups in total. The lowest BCUT2D eigenvalue weighted by Crippen LogP contribution is -1.90. The molecule has 0 aliphatic heterocycles. The molecule has 2 aromatic rings. The van der Waals surface area contributed by atoms with Crippen molar-refractivity contribution in [3.63, 3.8) is 0 Å². The third kappa shape index (κ3) is 4.25. The molecule has 108 valence electrons. The van der Waals surface area contributed by atoms with Crippen LogP contribution in [0.2, 0.25) is 10.0 Å². The lowest BCUT2D eigenvalue weighted by Gasteiger charge is -2.08. The van der Waals surface area contributed by atoms with Crippen LogP contribution < -0.4 is 4.74 Å². The van der Waals surface area contributed by atoms with E-state index in [1.54, 1.807) is 49.4 Å². The zero-order valence-corrected chi connectivity index (χ0v) is 12.7. The fourth-order valence-corrected chi connectivity index (χ4v) is 2.19. The van der Waals surface area contributed by atoms with Gasteiger partial charge in [-0.05, 0) is 48.4 Å². The van der Waals surface area contributed by atoms with Crippen LogP contribution >= 0.6 is 23.2 Å². The molecule has 0 aliphatic carbocycles. The van der Waals surface area contributed by atoms with Crippen LogP contribution in [-0.4, -0.2) is 11.1 Å². The Morgan fingerprint density at radius 3 is 2.38 bits per heavy atom. The topological polar surface area (TPSA) is 46.5 Å². The minimum absolute atomic E-state index is 0.425. The van der Waals surface area contributed by atoms with E-state index in [0.29, 0.717) is 27.1 Å². The Morgan fingerprint density at radius 1 is 1.14 bits per heavy atom. The van der Waals surface area contributed by atoms with Crippen LogP contribution in [0.4, 0.5) is 0 Å². The van der Waals surface area contributed by atoms with Crippen LogP contribution in [-0.2, 0) is 4.79 Å². The Labute approximate surface area is 132 Å². The van der Waals surface area contributed by atoms with Gasteiger partial charge in [-0.1, -0.05) is 35.3 Å². The number of carboxylic acids is 1. The molecule has 0 aliphatic rings. The Hall–Kier alpha value is -1.97. The highest BCUT2D eigenvalue weighted by Gasteiger charge is 2.05. The van der Waals surface area contributed by atoms with Gasteiger partial charge in [-0.3, -0.25) is 0 Å². The number of hydrogen-bond donors (Lipinski definition) is 1. The van der Waals surface area contributed by atoms with E-state index < -0.39 is 5.97 Å². The van der Waals surface area contributed by atoms with E-state index in [0.717, 1.165) is 11.6 Å². The van der Waals surface area contributed by atoms with Gasteiger partial charge in [0.05, 0.1) is 5.02 Å². The van der Waals surface area contributed by atoms with Crippen molar-refractivity contribution >= 4 is 34.7 Å². The van der Waals surface area contributed by atoms with Gasteiger partial charge >= 0.3 is 5.97 Å². The van der Waals surface area contributed by atoms with Gasteiger partial charge in [0.15, 0.2) is 0 Å². The van der Waals surface area contributed by atoms with Gasteiger partial charge in [-0.15, -0.1) is 0 Å². The standard InChI is InChI=1S/C16H12Cl2O3/c1-10(8-16(19)20)11-2-5-13(6-3-11)21-15-7-4-12(17)9-14(15)18/h2-9H,1H3,(H,19,20). The monoisotopic (exact) mass is 322 g/mol. The molecule has 0 unspecified atom stereocenters. The fourth-order valence-electron chi connectivity index (χ4n) is 1.74. The van der Waals surface area contributed by atoms with Gasteiger partial charge in [0, 0.05) is 11.1 Å². The molecule has 21 heavy (non-hydrogen) atoms. The number of aliphatic carboxylic acids is 1. The lowest BCUT2D eigenvalue weighted by atomic mass is 10.1. The average molecular weight is 323 g/mol. The van der Waals surface area contributed by atoms with Crippen LogP contribution in [0.25, 0.3) is 5.57 Å². The van der Waals surface area contributed by atoms with Gasteiger partial charge < -0.3 is 9.84 Å². The second-order valence-electron chi connectivity index (χ2n) is 4.37. The first-order valence-electron chi connectivity index (χ1n) is 6.10. The summed E-state index contributed by atoms with van der Waals surface area (Å²) in [5.74, 6) is 0.137. The van der Waals surface area contributed by atoms with E-state index in [9.17, 15) is 4.79 Å². The van der Waals surface area contributed by atoms with Crippen LogP contribution in [0.5, 0.6) is 11.5 Å². The third-order valence-electron chi connectivity index (χ3n) is 2.77. The van der Waals surface area contributed by atoms with Crippen molar-refractivity contribution in [3.8, 4) is 11.5 Å². The number of carbonyl (C=O) groups is 1. The molecule has 0 atom stereocenters. The number of rotatable bonds is 4. The molecule has 0 amide bonds. The van der Waals surface area contributed by atoms with Crippen molar-refractivity contribution in [1.82, 2.24) is 0 Å². The second-order valence-corrected chi connectivity index (χ2v) is 5.21. The van der Waals surface area contributed by atoms with Crippen molar-refractivity contribution in [2.45, 2.75) is 6.92 Å². The zero-order chi connectivity index (χ0) is 15.4. The molecule has 0 saturated carbocycles. The molecular weight excluding hydrogens is 311 g/mol. The summed E-state index contributed by atoms with van der Waals surface area (Å²) in [5.41, 5.74) is 1.48. The minimum atomic E-state index is -0.972. The summed E-state index contributed by atoms with van der Waals surface area (Å²) >= 11 is 11.9. The largest absolute Gasteiger partial charge is 0.478 e. The highest BCUT2D eigenvalue weighted by Crippen LogP contribution is 2.31. The number of benzene rings is 2. The Kier molecular flexibility index (Phi) is 4.89. The van der Waals surface area contributed by atoms with E-state index in [2.05, 4.69) is 0 Å². The number of halogens is 2. The smallest absolute Gasteiger partial charge is 0.328 e. The van der Waals surface area contributed by atoms with Gasteiger partial charge in [0.1, 0.15) is 11.5 Å². The normalized spacial score (nSPS) is 11.3. The maximum absolute atomic E-state index is 10.6. The van der Waals surface area contributed by atoms with E-state index >= 15 is 0 Å². The predicted octanol–water partition coefficient (Wildman–Crippen LogP) is 5.27. The predicted molar refractivity (Wildman–Crippen MR) is 84.3 cm³/mol. The third-order valence-corrected chi connectivity index (χ3v) is 3.30. The zero-order valence-electron chi connectivity index (χ0n) is 11.1. The molecule has 0 spiro atoms. The van der Waals surface area contributed by atoms with E-state index in [1.807, 2.05) is 0 Å².